The average Bonchev–Trinajstić information content (AvgIpc) is 3.11. The molecule has 152 valence electrons. The molecule has 0 radical (unpaired) electrons. The summed E-state index contributed by atoms with van der Waals surface area (Å²) >= 11 is 5.87. The Morgan fingerprint density at radius 3 is 2.52 bits per heavy atom. The Morgan fingerprint density at radius 2 is 1.72 bits per heavy atom. The summed E-state index contributed by atoms with van der Waals surface area (Å²) in [4.78, 5) is 27.1. The molecule has 2 heterocycles. The van der Waals surface area contributed by atoms with Crippen molar-refractivity contribution >= 4 is 23.3 Å². The molecule has 0 spiro atoms. The summed E-state index contributed by atoms with van der Waals surface area (Å²) in [6, 6.07) is 12.7. The van der Waals surface area contributed by atoms with Gasteiger partial charge in [-0.05, 0) is 54.8 Å². The number of ketones is 1. The van der Waals surface area contributed by atoms with Gasteiger partial charge in [-0.2, -0.15) is 0 Å². The van der Waals surface area contributed by atoms with Crippen LogP contribution in [0.25, 0.3) is 0 Å². The lowest BCUT2D eigenvalue weighted by Gasteiger charge is -2.25. The third-order valence-electron chi connectivity index (χ3n) is 5.46. The lowest BCUT2D eigenvalue weighted by molar-refractivity contribution is -0.132. The smallest absolute Gasteiger partial charge is 0.223 e. The minimum Gasteiger partial charge on any atom is -0.490 e. The minimum absolute atomic E-state index is 0.0157. The van der Waals surface area contributed by atoms with Gasteiger partial charge in [0.25, 0.3) is 0 Å². The Hall–Kier alpha value is -2.53. The van der Waals surface area contributed by atoms with Gasteiger partial charge < -0.3 is 14.4 Å². The summed E-state index contributed by atoms with van der Waals surface area (Å²) in [5, 5.41) is 0.590. The number of hydrogen-bond acceptors (Lipinski definition) is 4. The molecule has 0 aromatic heterocycles. The molecule has 0 bridgehead atoms. The first-order chi connectivity index (χ1) is 14.1. The average molecular weight is 414 g/mol. The van der Waals surface area contributed by atoms with Crippen molar-refractivity contribution in [3.05, 3.63) is 58.6 Å². The number of carbonyl (C=O) groups excluding carboxylic acids is 2. The molecule has 2 aromatic carbocycles. The molecule has 1 amide bonds. The summed E-state index contributed by atoms with van der Waals surface area (Å²) in [5.41, 5.74) is 1.65. The molecular weight excluding hydrogens is 390 g/mol. The van der Waals surface area contributed by atoms with Gasteiger partial charge in [0.1, 0.15) is 0 Å². The molecule has 0 saturated carbocycles. The number of ether oxygens (including phenoxy) is 2. The van der Waals surface area contributed by atoms with Gasteiger partial charge in [0.2, 0.25) is 5.91 Å². The SMILES string of the molecule is O=C(CCC(=O)N1CCC[C@@H]1c1ccc2c(c1)OCCCO2)c1ccc(Cl)cc1. The van der Waals surface area contributed by atoms with Crippen LogP contribution < -0.4 is 9.47 Å². The molecule has 2 aliphatic heterocycles. The number of Topliss-reactive ketones (excluding diaryl/α,β-unsaturated/α-hetero) is 1. The van der Waals surface area contributed by atoms with E-state index >= 15 is 0 Å². The summed E-state index contributed by atoms with van der Waals surface area (Å²) < 4.78 is 11.5. The van der Waals surface area contributed by atoms with E-state index in [0.29, 0.717) is 30.3 Å². The highest BCUT2D eigenvalue weighted by atomic mass is 35.5. The molecule has 6 heteroatoms. The number of amides is 1. The maximum absolute atomic E-state index is 12.9. The molecule has 29 heavy (non-hydrogen) atoms. The number of likely N-dealkylation sites (tertiary alicyclic amines) is 1. The lowest BCUT2D eigenvalue weighted by Crippen LogP contribution is -2.30. The van der Waals surface area contributed by atoms with E-state index in [9.17, 15) is 9.59 Å². The summed E-state index contributed by atoms with van der Waals surface area (Å²) in [6.45, 7) is 2.01. The van der Waals surface area contributed by atoms with E-state index in [2.05, 4.69) is 0 Å². The molecule has 2 aromatic rings. The zero-order valence-electron chi connectivity index (χ0n) is 16.2. The molecule has 0 N–H and O–H groups in total. The van der Waals surface area contributed by atoms with E-state index in [-0.39, 0.29) is 30.6 Å². The fraction of sp³-hybridized carbons (Fsp3) is 0.391. The van der Waals surface area contributed by atoms with Crippen LogP contribution in [0.2, 0.25) is 5.02 Å². The van der Waals surface area contributed by atoms with E-state index in [0.717, 1.165) is 36.3 Å². The van der Waals surface area contributed by atoms with Crippen molar-refractivity contribution in [1.29, 1.82) is 0 Å². The molecule has 0 unspecified atom stereocenters. The molecule has 5 nitrogen and oxygen atoms in total. The monoisotopic (exact) mass is 413 g/mol. The van der Waals surface area contributed by atoms with Gasteiger partial charge in [0, 0.05) is 36.4 Å². The van der Waals surface area contributed by atoms with E-state index in [1.54, 1.807) is 24.3 Å². The van der Waals surface area contributed by atoms with Crippen molar-refractivity contribution in [1.82, 2.24) is 4.90 Å². The van der Waals surface area contributed by atoms with Crippen LogP contribution in [0.1, 0.15) is 54.1 Å². The first-order valence-corrected chi connectivity index (χ1v) is 10.5. The molecule has 4 rings (SSSR count). The zero-order chi connectivity index (χ0) is 20.2. The first-order valence-electron chi connectivity index (χ1n) is 10.1. The van der Waals surface area contributed by atoms with Crippen LogP contribution in [0.5, 0.6) is 11.5 Å². The second-order valence-electron chi connectivity index (χ2n) is 7.43. The predicted molar refractivity (Wildman–Crippen MR) is 111 cm³/mol. The van der Waals surface area contributed by atoms with E-state index in [1.807, 2.05) is 23.1 Å². The van der Waals surface area contributed by atoms with Crippen molar-refractivity contribution in [3.8, 4) is 11.5 Å². The van der Waals surface area contributed by atoms with Gasteiger partial charge in [-0.1, -0.05) is 17.7 Å². The quantitative estimate of drug-likeness (QED) is 0.659. The van der Waals surface area contributed by atoms with E-state index < -0.39 is 0 Å². The summed E-state index contributed by atoms with van der Waals surface area (Å²) in [5.74, 6) is 1.48. The van der Waals surface area contributed by atoms with Crippen LogP contribution in [-0.4, -0.2) is 36.3 Å². The molecule has 1 saturated heterocycles. The van der Waals surface area contributed by atoms with Crippen molar-refractivity contribution in [2.45, 2.75) is 38.1 Å². The lowest BCUT2D eigenvalue weighted by atomic mass is 10.0. The topological polar surface area (TPSA) is 55.8 Å². The Kier molecular flexibility index (Phi) is 6.05. The molecule has 2 aliphatic rings. The van der Waals surface area contributed by atoms with Crippen LogP contribution in [0.15, 0.2) is 42.5 Å². The fourth-order valence-electron chi connectivity index (χ4n) is 3.94. The number of benzene rings is 2. The number of rotatable bonds is 5. The maximum Gasteiger partial charge on any atom is 0.223 e. The molecular formula is C23H24ClNO4. The van der Waals surface area contributed by atoms with Crippen LogP contribution in [0.4, 0.5) is 0 Å². The first kappa shape index (κ1) is 19.8. The second-order valence-corrected chi connectivity index (χ2v) is 7.87. The number of hydrogen-bond donors (Lipinski definition) is 0. The van der Waals surface area contributed by atoms with Crippen LogP contribution >= 0.6 is 11.6 Å². The predicted octanol–water partition coefficient (Wildman–Crippen LogP) is 4.83. The Bertz CT molecular complexity index is 896. The Balaban J connectivity index is 1.41. The number of halogens is 1. The highest BCUT2D eigenvalue weighted by molar-refractivity contribution is 6.30. The third-order valence-corrected chi connectivity index (χ3v) is 5.71. The normalized spacial score (nSPS) is 18.4. The largest absolute Gasteiger partial charge is 0.490 e. The maximum atomic E-state index is 12.9. The van der Waals surface area contributed by atoms with Gasteiger partial charge >= 0.3 is 0 Å². The van der Waals surface area contributed by atoms with Crippen molar-refractivity contribution in [2.75, 3.05) is 19.8 Å². The van der Waals surface area contributed by atoms with Gasteiger partial charge in [-0.3, -0.25) is 9.59 Å². The van der Waals surface area contributed by atoms with E-state index in [1.165, 1.54) is 0 Å². The van der Waals surface area contributed by atoms with E-state index in [4.69, 9.17) is 21.1 Å². The Labute approximate surface area is 175 Å². The number of carbonyl (C=O) groups is 2. The molecule has 1 fully saturated rings. The zero-order valence-corrected chi connectivity index (χ0v) is 17.0. The fourth-order valence-corrected chi connectivity index (χ4v) is 4.07. The Morgan fingerprint density at radius 1 is 0.966 bits per heavy atom. The second kappa shape index (κ2) is 8.87. The highest BCUT2D eigenvalue weighted by Gasteiger charge is 2.30. The minimum atomic E-state index is -0.0404. The van der Waals surface area contributed by atoms with Crippen molar-refractivity contribution in [3.63, 3.8) is 0 Å². The number of nitrogens with zero attached hydrogens (tertiary/aromatic N) is 1. The van der Waals surface area contributed by atoms with Gasteiger partial charge in [0.05, 0.1) is 19.3 Å². The third kappa shape index (κ3) is 4.56. The van der Waals surface area contributed by atoms with Crippen molar-refractivity contribution in [2.24, 2.45) is 0 Å². The van der Waals surface area contributed by atoms with Gasteiger partial charge in [0.15, 0.2) is 17.3 Å². The number of fused-ring (bicyclic) bond motifs is 1. The van der Waals surface area contributed by atoms with Crippen LogP contribution in [0, 0.1) is 0 Å². The molecule has 0 aliphatic carbocycles. The highest BCUT2D eigenvalue weighted by Crippen LogP contribution is 2.38. The molecule has 1 atom stereocenters. The standard InChI is InChI=1S/C23H24ClNO4/c24-18-7-4-16(5-8-18)20(26)9-11-23(27)25-12-1-3-19(25)17-6-10-21-22(15-17)29-14-2-13-28-21/h4-8,10,15,19H,1-3,9,11-14H2/t19-/m1/s1. The van der Waals surface area contributed by atoms with Crippen LogP contribution in [-0.2, 0) is 4.79 Å². The van der Waals surface area contributed by atoms with Crippen LogP contribution in [0.3, 0.4) is 0 Å². The van der Waals surface area contributed by atoms with Gasteiger partial charge in [-0.15, -0.1) is 0 Å². The summed E-state index contributed by atoms with van der Waals surface area (Å²) in [7, 11) is 0. The van der Waals surface area contributed by atoms with Crippen molar-refractivity contribution < 1.29 is 19.1 Å². The summed E-state index contributed by atoms with van der Waals surface area (Å²) in [6.07, 6.45) is 3.14. The van der Waals surface area contributed by atoms with Gasteiger partial charge in [-0.25, -0.2) is 0 Å².